The summed E-state index contributed by atoms with van der Waals surface area (Å²) in [6.45, 7) is 0.155. The van der Waals surface area contributed by atoms with Crippen molar-refractivity contribution in [3.63, 3.8) is 0 Å². The van der Waals surface area contributed by atoms with Gasteiger partial charge in [0.1, 0.15) is 5.84 Å². The van der Waals surface area contributed by atoms with Crippen molar-refractivity contribution in [2.75, 3.05) is 26.4 Å². The van der Waals surface area contributed by atoms with E-state index in [2.05, 4.69) is 15.2 Å². The van der Waals surface area contributed by atoms with Crippen molar-refractivity contribution in [3.05, 3.63) is 53.8 Å². The fourth-order valence-corrected chi connectivity index (χ4v) is 4.52. The molecule has 2 aliphatic heterocycles. The Morgan fingerprint density at radius 3 is 2.53 bits per heavy atom. The van der Waals surface area contributed by atoms with Gasteiger partial charge in [0, 0.05) is 32.4 Å². The van der Waals surface area contributed by atoms with Gasteiger partial charge in [0.05, 0.1) is 16.2 Å². The molecule has 0 atom stereocenters. The number of fused-ring (bicyclic) bond motifs is 1. The Hall–Kier alpha value is -3.03. The van der Waals surface area contributed by atoms with Crippen LogP contribution in [0.1, 0.15) is 10.4 Å². The number of hydrazine groups is 1. The molecule has 2 aliphatic rings. The van der Waals surface area contributed by atoms with E-state index in [0.717, 1.165) is 4.31 Å². The number of hydrogen-bond acceptors (Lipinski definition) is 7. The Bertz CT molecular complexity index is 1200. The summed E-state index contributed by atoms with van der Waals surface area (Å²) in [7, 11) is -4.46. The molecule has 0 radical (unpaired) electrons. The van der Waals surface area contributed by atoms with E-state index in [0.29, 0.717) is 0 Å². The molecular formula is C17H19N5O6S2. The van der Waals surface area contributed by atoms with Crippen molar-refractivity contribution in [2.24, 2.45) is 4.40 Å². The van der Waals surface area contributed by atoms with Crippen molar-refractivity contribution < 1.29 is 26.4 Å². The molecule has 0 saturated carbocycles. The number of carbonyl (C=O) groups is 2. The lowest BCUT2D eigenvalue weighted by atomic mass is 10.2. The van der Waals surface area contributed by atoms with Crippen molar-refractivity contribution in [3.8, 4) is 0 Å². The summed E-state index contributed by atoms with van der Waals surface area (Å²) >= 11 is 0. The van der Waals surface area contributed by atoms with Gasteiger partial charge in [-0.3, -0.25) is 20.4 Å². The van der Waals surface area contributed by atoms with Crippen LogP contribution in [-0.4, -0.2) is 70.1 Å². The third-order valence-electron chi connectivity index (χ3n) is 4.25. The van der Waals surface area contributed by atoms with Crippen LogP contribution in [0, 0.1) is 0 Å². The second-order valence-corrected chi connectivity index (χ2v) is 10.5. The standard InChI is InChI=1S/C17H19N5O6S2/c1-21(2)30(27,28)14-5-3-4-12(10-14)16(23)18-19-17(24)13-6-7-15-20-29(25,26)9-8-22(15)11-13/h3-7,10-11H,8-9H2,1-2H3,(H,18,23)(H,19,24). The maximum atomic E-state index is 12.3. The molecule has 3 rings (SSSR count). The Labute approximate surface area is 173 Å². The zero-order valence-electron chi connectivity index (χ0n) is 16.1. The van der Waals surface area contributed by atoms with E-state index in [1.807, 2.05) is 0 Å². The van der Waals surface area contributed by atoms with Crippen LogP contribution in [0.15, 0.2) is 57.5 Å². The molecule has 0 fully saturated rings. The topological polar surface area (TPSA) is 145 Å². The average Bonchev–Trinajstić information content (AvgIpc) is 2.70. The molecule has 1 aromatic carbocycles. The van der Waals surface area contributed by atoms with Crippen molar-refractivity contribution in [1.82, 2.24) is 20.1 Å². The predicted molar refractivity (Wildman–Crippen MR) is 108 cm³/mol. The van der Waals surface area contributed by atoms with Crippen LogP contribution in [0.25, 0.3) is 0 Å². The summed E-state index contributed by atoms with van der Waals surface area (Å²) in [5.74, 6) is -1.30. The number of hydrogen-bond donors (Lipinski definition) is 2. The minimum atomic E-state index is -3.71. The number of sulfonamides is 2. The van der Waals surface area contributed by atoms with E-state index in [9.17, 15) is 26.4 Å². The molecule has 30 heavy (non-hydrogen) atoms. The van der Waals surface area contributed by atoms with E-state index in [1.165, 1.54) is 61.6 Å². The van der Waals surface area contributed by atoms with Gasteiger partial charge in [-0.2, -0.15) is 0 Å². The third kappa shape index (κ3) is 4.58. The summed E-state index contributed by atoms with van der Waals surface area (Å²) in [5, 5.41) is 0. The van der Waals surface area contributed by atoms with Gasteiger partial charge < -0.3 is 4.90 Å². The normalized spacial score (nSPS) is 17.6. The highest BCUT2D eigenvalue weighted by atomic mass is 32.2. The molecular weight excluding hydrogens is 434 g/mol. The average molecular weight is 454 g/mol. The van der Waals surface area contributed by atoms with Crippen molar-refractivity contribution in [2.45, 2.75) is 4.90 Å². The number of amides is 2. The number of carbonyl (C=O) groups excluding carboxylic acids is 2. The molecule has 0 spiro atoms. The minimum absolute atomic E-state index is 0.0436. The van der Waals surface area contributed by atoms with Gasteiger partial charge in [-0.25, -0.2) is 21.1 Å². The number of nitrogens with zero attached hydrogens (tertiary/aromatic N) is 3. The molecule has 1 aromatic rings. The number of amidine groups is 1. The molecule has 2 heterocycles. The monoisotopic (exact) mass is 453 g/mol. The number of rotatable bonds is 4. The van der Waals surface area contributed by atoms with Gasteiger partial charge in [0.15, 0.2) is 0 Å². The summed E-state index contributed by atoms with van der Waals surface area (Å²) < 4.78 is 52.1. The SMILES string of the molecule is CN(C)S(=O)(=O)c1cccc(C(=O)NNC(=O)C2=CN3CCS(=O)(=O)N=C3C=C2)c1. The number of nitrogens with one attached hydrogen (secondary N) is 2. The summed E-state index contributed by atoms with van der Waals surface area (Å²) in [5.41, 5.74) is 4.69. The number of benzene rings is 1. The van der Waals surface area contributed by atoms with Crippen LogP contribution in [0.5, 0.6) is 0 Å². The van der Waals surface area contributed by atoms with E-state index >= 15 is 0 Å². The van der Waals surface area contributed by atoms with E-state index in [-0.39, 0.29) is 34.2 Å². The molecule has 0 bridgehead atoms. The van der Waals surface area contributed by atoms with Gasteiger partial charge in [-0.15, -0.1) is 4.40 Å². The maximum absolute atomic E-state index is 12.3. The quantitative estimate of drug-likeness (QED) is 0.568. The molecule has 0 saturated heterocycles. The zero-order valence-corrected chi connectivity index (χ0v) is 17.7. The first-order chi connectivity index (χ1) is 14.0. The molecule has 11 nitrogen and oxygen atoms in total. The van der Waals surface area contributed by atoms with Crippen LogP contribution in [0.2, 0.25) is 0 Å². The fourth-order valence-electron chi connectivity index (χ4n) is 2.60. The Morgan fingerprint density at radius 1 is 1.13 bits per heavy atom. The molecule has 160 valence electrons. The lowest BCUT2D eigenvalue weighted by Crippen LogP contribution is -2.43. The van der Waals surface area contributed by atoms with Gasteiger partial charge in [0.25, 0.3) is 21.8 Å². The van der Waals surface area contributed by atoms with Crippen LogP contribution in [0.4, 0.5) is 0 Å². The molecule has 0 unspecified atom stereocenters. The lowest BCUT2D eigenvalue weighted by Gasteiger charge is -2.26. The highest BCUT2D eigenvalue weighted by molar-refractivity contribution is 7.90. The smallest absolute Gasteiger partial charge is 0.271 e. The Morgan fingerprint density at radius 2 is 1.83 bits per heavy atom. The molecule has 0 aliphatic carbocycles. The van der Waals surface area contributed by atoms with Crippen LogP contribution < -0.4 is 10.9 Å². The fraction of sp³-hybridized carbons (Fsp3) is 0.235. The highest BCUT2D eigenvalue weighted by Gasteiger charge is 2.25. The van der Waals surface area contributed by atoms with E-state index in [1.54, 1.807) is 0 Å². The first-order valence-electron chi connectivity index (χ1n) is 8.62. The van der Waals surface area contributed by atoms with Gasteiger partial charge in [-0.1, -0.05) is 6.07 Å². The Balaban J connectivity index is 1.67. The zero-order chi connectivity index (χ0) is 22.1. The van der Waals surface area contributed by atoms with Crippen LogP contribution >= 0.6 is 0 Å². The largest absolute Gasteiger partial charge is 0.330 e. The molecule has 2 amide bonds. The second kappa shape index (κ2) is 8.01. The molecule has 2 N–H and O–H groups in total. The Kier molecular flexibility index (Phi) is 5.78. The van der Waals surface area contributed by atoms with Crippen molar-refractivity contribution in [1.29, 1.82) is 0 Å². The first-order valence-corrected chi connectivity index (χ1v) is 11.7. The predicted octanol–water partition coefficient (Wildman–Crippen LogP) is -0.804. The minimum Gasteiger partial charge on any atom is -0.330 e. The van der Waals surface area contributed by atoms with Gasteiger partial charge >= 0.3 is 0 Å². The molecule has 0 aromatic heterocycles. The highest BCUT2D eigenvalue weighted by Crippen LogP contribution is 2.16. The first kappa shape index (κ1) is 21.7. The maximum Gasteiger partial charge on any atom is 0.271 e. The van der Waals surface area contributed by atoms with E-state index in [4.69, 9.17) is 0 Å². The van der Waals surface area contributed by atoms with Gasteiger partial charge in [0.2, 0.25) is 10.0 Å². The van der Waals surface area contributed by atoms with Gasteiger partial charge in [-0.05, 0) is 30.4 Å². The van der Waals surface area contributed by atoms with Crippen LogP contribution in [0.3, 0.4) is 0 Å². The third-order valence-corrected chi connectivity index (χ3v) is 7.23. The summed E-state index contributed by atoms with van der Waals surface area (Å²) in [4.78, 5) is 26.1. The van der Waals surface area contributed by atoms with E-state index < -0.39 is 31.9 Å². The lowest BCUT2D eigenvalue weighted by molar-refractivity contribution is -0.118. The summed E-state index contributed by atoms with van der Waals surface area (Å²) in [6, 6.07) is 5.39. The second-order valence-electron chi connectivity index (χ2n) is 6.57. The van der Waals surface area contributed by atoms with Crippen LogP contribution in [-0.2, 0) is 24.8 Å². The van der Waals surface area contributed by atoms with Crippen molar-refractivity contribution >= 4 is 37.7 Å². The molecule has 13 heteroatoms. The summed E-state index contributed by atoms with van der Waals surface area (Å²) in [6.07, 6.45) is 4.20.